The summed E-state index contributed by atoms with van der Waals surface area (Å²) in [6, 6.07) is 11.5. The number of carbonyl (C=O) groups excluding carboxylic acids is 2. The average Bonchev–Trinajstić information content (AvgIpc) is 3.25. The second-order valence-corrected chi connectivity index (χ2v) is 9.89. The van der Waals surface area contributed by atoms with Crippen LogP contribution >= 0.6 is 11.3 Å². The average molecular weight is 483 g/mol. The number of carbonyl (C=O) groups is 2. The van der Waals surface area contributed by atoms with E-state index in [9.17, 15) is 14.7 Å². The van der Waals surface area contributed by atoms with E-state index in [1.54, 1.807) is 19.9 Å². The van der Waals surface area contributed by atoms with Gasteiger partial charge in [0, 0.05) is 13.0 Å². The van der Waals surface area contributed by atoms with Gasteiger partial charge in [-0.05, 0) is 57.7 Å². The molecule has 0 atom stereocenters. The van der Waals surface area contributed by atoms with Crippen molar-refractivity contribution in [2.45, 2.75) is 58.5 Å². The molecule has 0 unspecified atom stereocenters. The molecular formula is C24H30N6O3S. The van der Waals surface area contributed by atoms with Crippen LogP contribution in [0, 0.1) is 6.92 Å². The largest absolute Gasteiger partial charge is 0.389 e. The molecule has 0 radical (unpaired) electrons. The number of aliphatic hydroxyl groups is 1. The molecule has 180 valence electrons. The Balaban J connectivity index is 1.37. The number of hydrogen-bond donors (Lipinski definition) is 3. The Kier molecular flexibility index (Phi) is 8.78. The molecule has 3 rings (SSSR count). The molecule has 2 heterocycles. The van der Waals surface area contributed by atoms with Crippen LogP contribution in [-0.2, 0) is 24.1 Å². The Morgan fingerprint density at radius 1 is 1.03 bits per heavy atom. The summed E-state index contributed by atoms with van der Waals surface area (Å²) in [5.74, 6) is -0.0179. The molecule has 34 heavy (non-hydrogen) atoms. The van der Waals surface area contributed by atoms with Crippen LogP contribution in [0.15, 0.2) is 36.4 Å². The number of aromatic nitrogens is 4. The molecule has 3 aromatic rings. The summed E-state index contributed by atoms with van der Waals surface area (Å²) < 4.78 is 0. The highest BCUT2D eigenvalue weighted by Crippen LogP contribution is 2.14. The second-order valence-electron chi connectivity index (χ2n) is 8.83. The van der Waals surface area contributed by atoms with E-state index in [-0.39, 0.29) is 18.4 Å². The lowest BCUT2D eigenvalue weighted by molar-refractivity contribution is -0.115. The van der Waals surface area contributed by atoms with E-state index in [1.165, 1.54) is 11.3 Å². The van der Waals surface area contributed by atoms with Crippen LogP contribution in [0.25, 0.3) is 0 Å². The summed E-state index contributed by atoms with van der Waals surface area (Å²) in [7, 11) is 0. The first-order valence-corrected chi connectivity index (χ1v) is 12.0. The fourth-order valence-electron chi connectivity index (χ4n) is 3.16. The van der Waals surface area contributed by atoms with E-state index in [0.717, 1.165) is 47.5 Å². The molecule has 0 aliphatic carbocycles. The van der Waals surface area contributed by atoms with Gasteiger partial charge in [-0.2, -0.15) is 5.10 Å². The maximum Gasteiger partial charge on any atom is 0.282 e. The summed E-state index contributed by atoms with van der Waals surface area (Å²) >= 11 is 1.26. The van der Waals surface area contributed by atoms with E-state index in [2.05, 4.69) is 31.0 Å². The minimum Gasteiger partial charge on any atom is -0.389 e. The third-order valence-electron chi connectivity index (χ3n) is 4.85. The highest BCUT2D eigenvalue weighted by Gasteiger charge is 2.17. The standard InChI is InChI=1S/C24H30N6O3S/c1-16-7-6-8-17(13-16)14-20(31)26-19-12-11-18(27-28-19)9-4-5-10-21-29-30-23(34-21)22(32)25-15-24(2,3)33/h6-8,11-13,33H,4-5,9-10,14-15H2,1-3H3,(H,25,32)(H,26,28,31). The van der Waals surface area contributed by atoms with E-state index >= 15 is 0 Å². The van der Waals surface area contributed by atoms with Crippen molar-refractivity contribution >= 4 is 29.0 Å². The molecule has 2 amide bonds. The molecule has 0 aliphatic heterocycles. The van der Waals surface area contributed by atoms with Crippen molar-refractivity contribution in [3.8, 4) is 0 Å². The number of hydrogen-bond acceptors (Lipinski definition) is 8. The maximum absolute atomic E-state index is 12.2. The maximum atomic E-state index is 12.2. The van der Waals surface area contributed by atoms with Gasteiger partial charge in [0.2, 0.25) is 10.9 Å². The van der Waals surface area contributed by atoms with Crippen molar-refractivity contribution in [3.05, 3.63) is 63.2 Å². The molecule has 0 saturated heterocycles. The van der Waals surface area contributed by atoms with E-state index in [0.29, 0.717) is 17.2 Å². The van der Waals surface area contributed by atoms with E-state index in [4.69, 9.17) is 0 Å². The Morgan fingerprint density at radius 2 is 1.82 bits per heavy atom. The lowest BCUT2D eigenvalue weighted by Gasteiger charge is -2.16. The minimum absolute atomic E-state index is 0.127. The summed E-state index contributed by atoms with van der Waals surface area (Å²) in [5.41, 5.74) is 1.95. The Labute approximate surface area is 203 Å². The third-order valence-corrected chi connectivity index (χ3v) is 5.83. The van der Waals surface area contributed by atoms with Gasteiger partial charge in [-0.15, -0.1) is 15.3 Å². The summed E-state index contributed by atoms with van der Waals surface area (Å²) in [4.78, 5) is 24.3. The van der Waals surface area contributed by atoms with Gasteiger partial charge in [0.15, 0.2) is 5.82 Å². The van der Waals surface area contributed by atoms with E-state index < -0.39 is 5.60 Å². The quantitative estimate of drug-likeness (QED) is 0.358. The van der Waals surface area contributed by atoms with Crippen molar-refractivity contribution in [2.75, 3.05) is 11.9 Å². The van der Waals surface area contributed by atoms with Crippen LogP contribution in [0.3, 0.4) is 0 Å². The lowest BCUT2D eigenvalue weighted by atomic mass is 10.1. The van der Waals surface area contributed by atoms with Gasteiger partial charge >= 0.3 is 0 Å². The third kappa shape index (κ3) is 8.60. The monoisotopic (exact) mass is 482 g/mol. The molecule has 0 saturated carbocycles. The van der Waals surface area contributed by atoms with Crippen molar-refractivity contribution in [1.82, 2.24) is 25.7 Å². The summed E-state index contributed by atoms with van der Waals surface area (Å²) in [6.07, 6.45) is 3.52. The molecule has 0 spiro atoms. The van der Waals surface area contributed by atoms with Gasteiger partial charge in [0.25, 0.3) is 5.91 Å². The van der Waals surface area contributed by atoms with Gasteiger partial charge in [-0.25, -0.2) is 0 Å². The number of aryl methyl sites for hydroxylation is 3. The molecule has 9 nitrogen and oxygen atoms in total. The zero-order chi connectivity index (χ0) is 24.6. The smallest absolute Gasteiger partial charge is 0.282 e. The molecule has 0 fully saturated rings. The number of nitrogens with one attached hydrogen (secondary N) is 2. The molecule has 3 N–H and O–H groups in total. The number of anilines is 1. The number of rotatable bonds is 11. The number of benzene rings is 1. The molecular weight excluding hydrogens is 452 g/mol. The SMILES string of the molecule is Cc1cccc(CC(=O)Nc2ccc(CCCCc3nnc(C(=O)NCC(C)(C)O)s3)nn2)c1. The predicted molar refractivity (Wildman–Crippen MR) is 131 cm³/mol. The fraction of sp³-hybridized carbons (Fsp3) is 0.417. The van der Waals surface area contributed by atoms with E-state index in [1.807, 2.05) is 37.3 Å². The van der Waals surface area contributed by atoms with Gasteiger partial charge in [-0.3, -0.25) is 9.59 Å². The highest BCUT2D eigenvalue weighted by atomic mass is 32.1. The summed E-state index contributed by atoms with van der Waals surface area (Å²) in [5, 5.41) is 32.5. The Bertz CT molecular complexity index is 1110. The molecule has 10 heteroatoms. The van der Waals surface area contributed by atoms with Crippen molar-refractivity contribution in [3.63, 3.8) is 0 Å². The van der Waals surface area contributed by atoms with Crippen LogP contribution in [0.5, 0.6) is 0 Å². The van der Waals surface area contributed by atoms with Gasteiger partial charge in [-0.1, -0.05) is 41.2 Å². The van der Waals surface area contributed by atoms with Crippen molar-refractivity contribution in [2.24, 2.45) is 0 Å². The second kappa shape index (κ2) is 11.8. The zero-order valence-electron chi connectivity index (χ0n) is 19.7. The van der Waals surface area contributed by atoms with Crippen LogP contribution in [0.2, 0.25) is 0 Å². The van der Waals surface area contributed by atoms with Crippen LogP contribution in [-0.4, -0.2) is 49.5 Å². The van der Waals surface area contributed by atoms with Crippen LogP contribution < -0.4 is 10.6 Å². The number of amides is 2. The van der Waals surface area contributed by atoms with Crippen LogP contribution in [0.4, 0.5) is 5.82 Å². The molecule has 0 aliphatic rings. The number of unbranched alkanes of at least 4 members (excludes halogenated alkanes) is 1. The fourth-order valence-corrected chi connectivity index (χ4v) is 3.95. The molecule has 0 bridgehead atoms. The van der Waals surface area contributed by atoms with Gasteiger partial charge < -0.3 is 15.7 Å². The first kappa shape index (κ1) is 25.4. The topological polar surface area (TPSA) is 130 Å². The first-order valence-electron chi connectivity index (χ1n) is 11.2. The normalized spacial score (nSPS) is 11.3. The lowest BCUT2D eigenvalue weighted by Crippen LogP contribution is -2.38. The highest BCUT2D eigenvalue weighted by molar-refractivity contribution is 7.13. The molecule has 1 aromatic carbocycles. The predicted octanol–water partition coefficient (Wildman–Crippen LogP) is 2.88. The molecule has 2 aromatic heterocycles. The Morgan fingerprint density at radius 3 is 2.53 bits per heavy atom. The van der Waals surface area contributed by atoms with Gasteiger partial charge in [0.1, 0.15) is 5.01 Å². The van der Waals surface area contributed by atoms with Crippen molar-refractivity contribution < 1.29 is 14.7 Å². The summed E-state index contributed by atoms with van der Waals surface area (Å²) in [6.45, 7) is 5.40. The Hall–Kier alpha value is -3.24. The zero-order valence-corrected chi connectivity index (χ0v) is 20.5. The van der Waals surface area contributed by atoms with Crippen LogP contribution in [0.1, 0.15) is 58.3 Å². The minimum atomic E-state index is -0.975. The van der Waals surface area contributed by atoms with Crippen molar-refractivity contribution in [1.29, 1.82) is 0 Å². The van der Waals surface area contributed by atoms with Gasteiger partial charge in [0.05, 0.1) is 17.7 Å². The first-order chi connectivity index (χ1) is 16.2. The number of nitrogens with zero attached hydrogens (tertiary/aromatic N) is 4.